The van der Waals surface area contributed by atoms with Crippen LogP contribution in [0.2, 0.25) is 0 Å². The first kappa shape index (κ1) is 20.4. The molecular formula is C18H20FNO8. The van der Waals surface area contributed by atoms with Crippen LogP contribution in [0.1, 0.15) is 17.5 Å². The van der Waals surface area contributed by atoms with Crippen LogP contribution in [0.5, 0.6) is 0 Å². The fraction of sp³-hybridized carbons (Fsp3) is 0.444. The zero-order valence-corrected chi connectivity index (χ0v) is 14.9. The first-order chi connectivity index (χ1) is 13.3. The highest BCUT2D eigenvalue weighted by atomic mass is 19.1. The number of ether oxygens (including phenoxy) is 1. The number of aliphatic hydroxyl groups is 3. The average molecular weight is 397 g/mol. The Bertz CT molecular complexity index is 931. The molecule has 0 radical (unpaired) electrons. The summed E-state index contributed by atoms with van der Waals surface area (Å²) in [6, 6.07) is 5.93. The zero-order chi connectivity index (χ0) is 20.5. The number of benzene rings is 1. The Kier molecular flexibility index (Phi) is 5.77. The van der Waals surface area contributed by atoms with E-state index >= 15 is 0 Å². The molecule has 28 heavy (non-hydrogen) atoms. The molecule has 0 bridgehead atoms. The monoisotopic (exact) mass is 397 g/mol. The predicted molar refractivity (Wildman–Crippen MR) is 92.7 cm³/mol. The van der Waals surface area contributed by atoms with Gasteiger partial charge in [0.05, 0.1) is 12.7 Å². The summed E-state index contributed by atoms with van der Waals surface area (Å²) in [5, 5.41) is 30.3. The Hall–Kier alpha value is -2.37. The molecule has 3 rings (SSSR count). The van der Waals surface area contributed by atoms with Crippen LogP contribution in [0.3, 0.4) is 0 Å². The lowest BCUT2D eigenvalue weighted by Gasteiger charge is -2.44. The SMILES string of the molecule is Cc1cc(=O)oc2cc([C@]3(ONC(=O)CF)C[C@@H](O)[C@H](O)[C@@H](CO)O3)ccc12. The Balaban J connectivity index is 2.09. The second kappa shape index (κ2) is 7.94. The van der Waals surface area contributed by atoms with Crippen molar-refractivity contribution in [3.05, 3.63) is 45.8 Å². The predicted octanol–water partition coefficient (Wildman–Crippen LogP) is -0.225. The number of aliphatic hydroxyl groups excluding tert-OH is 3. The van der Waals surface area contributed by atoms with Gasteiger partial charge in [-0.3, -0.25) is 4.79 Å². The Labute approximate surface area is 158 Å². The van der Waals surface area contributed by atoms with Crippen LogP contribution < -0.4 is 11.1 Å². The molecule has 1 fully saturated rings. The summed E-state index contributed by atoms with van der Waals surface area (Å²) in [5.41, 5.74) is 2.41. The number of hydroxylamine groups is 1. The minimum atomic E-state index is -1.87. The zero-order valence-electron chi connectivity index (χ0n) is 14.9. The first-order valence-corrected chi connectivity index (χ1v) is 8.52. The number of rotatable bonds is 5. The highest BCUT2D eigenvalue weighted by Gasteiger charge is 2.49. The minimum absolute atomic E-state index is 0.201. The molecule has 1 aromatic carbocycles. The third-order valence-corrected chi connectivity index (χ3v) is 4.62. The van der Waals surface area contributed by atoms with E-state index in [9.17, 15) is 29.3 Å². The molecule has 2 aromatic rings. The maximum atomic E-state index is 12.5. The topological polar surface area (TPSA) is 138 Å². The van der Waals surface area contributed by atoms with Gasteiger partial charge in [0.2, 0.25) is 5.79 Å². The van der Waals surface area contributed by atoms with E-state index in [1.165, 1.54) is 12.1 Å². The maximum Gasteiger partial charge on any atom is 0.336 e. The van der Waals surface area contributed by atoms with Crippen molar-refractivity contribution >= 4 is 16.9 Å². The molecule has 0 aliphatic carbocycles. The van der Waals surface area contributed by atoms with Gasteiger partial charge in [-0.25, -0.2) is 19.5 Å². The fourth-order valence-corrected chi connectivity index (χ4v) is 3.19. The van der Waals surface area contributed by atoms with Crippen LogP contribution in [0.4, 0.5) is 4.39 Å². The molecule has 2 heterocycles. The van der Waals surface area contributed by atoms with Crippen molar-refractivity contribution in [2.45, 2.75) is 37.4 Å². The number of hydrogen-bond donors (Lipinski definition) is 4. The molecule has 4 N–H and O–H groups in total. The summed E-state index contributed by atoms with van der Waals surface area (Å²) in [5.74, 6) is -2.96. The Morgan fingerprint density at radius 3 is 2.82 bits per heavy atom. The summed E-state index contributed by atoms with van der Waals surface area (Å²) in [6.07, 6.45) is -4.38. The van der Waals surface area contributed by atoms with Gasteiger partial charge in [-0.2, -0.15) is 0 Å². The molecular weight excluding hydrogens is 377 g/mol. The van der Waals surface area contributed by atoms with Crippen LogP contribution in [0, 0.1) is 6.92 Å². The van der Waals surface area contributed by atoms with E-state index in [0.29, 0.717) is 10.9 Å². The van der Waals surface area contributed by atoms with Gasteiger partial charge < -0.3 is 24.5 Å². The van der Waals surface area contributed by atoms with E-state index in [-0.39, 0.29) is 17.6 Å². The minimum Gasteiger partial charge on any atom is -0.423 e. The normalized spacial score (nSPS) is 27.7. The first-order valence-electron chi connectivity index (χ1n) is 8.52. The van der Waals surface area contributed by atoms with Gasteiger partial charge in [0.15, 0.2) is 6.67 Å². The molecule has 0 spiro atoms. The summed E-state index contributed by atoms with van der Waals surface area (Å²) in [7, 11) is 0. The van der Waals surface area contributed by atoms with Crippen molar-refractivity contribution in [1.82, 2.24) is 5.48 Å². The molecule has 10 heteroatoms. The van der Waals surface area contributed by atoms with Crippen molar-refractivity contribution < 1.29 is 38.5 Å². The molecule has 1 aliphatic rings. The molecule has 1 saturated heterocycles. The lowest BCUT2D eigenvalue weighted by atomic mass is 9.90. The number of carbonyl (C=O) groups excluding carboxylic acids is 1. The van der Waals surface area contributed by atoms with Gasteiger partial charge in [-0.1, -0.05) is 12.1 Å². The number of nitrogens with one attached hydrogen (secondary N) is 1. The number of alkyl halides is 1. The summed E-state index contributed by atoms with van der Waals surface area (Å²) >= 11 is 0. The number of fused-ring (bicyclic) bond motifs is 1. The summed E-state index contributed by atoms with van der Waals surface area (Å²) in [4.78, 5) is 28.3. The Morgan fingerprint density at radius 1 is 1.39 bits per heavy atom. The van der Waals surface area contributed by atoms with Gasteiger partial charge in [-0.05, 0) is 18.6 Å². The third-order valence-electron chi connectivity index (χ3n) is 4.62. The van der Waals surface area contributed by atoms with E-state index in [4.69, 9.17) is 14.0 Å². The third kappa shape index (κ3) is 3.77. The van der Waals surface area contributed by atoms with Gasteiger partial charge in [0.1, 0.15) is 17.8 Å². The van der Waals surface area contributed by atoms with Gasteiger partial charge >= 0.3 is 5.63 Å². The second-order valence-corrected chi connectivity index (χ2v) is 6.57. The van der Waals surface area contributed by atoms with Gasteiger partial charge in [-0.15, -0.1) is 0 Å². The highest BCUT2D eigenvalue weighted by Crippen LogP contribution is 2.39. The van der Waals surface area contributed by atoms with Crippen LogP contribution in [0.15, 0.2) is 33.5 Å². The second-order valence-electron chi connectivity index (χ2n) is 6.57. The van der Waals surface area contributed by atoms with Gasteiger partial charge in [0.25, 0.3) is 5.91 Å². The van der Waals surface area contributed by atoms with Crippen LogP contribution in [-0.4, -0.2) is 52.8 Å². The smallest absolute Gasteiger partial charge is 0.336 e. The van der Waals surface area contributed by atoms with E-state index in [1.54, 1.807) is 19.1 Å². The maximum absolute atomic E-state index is 12.5. The molecule has 0 unspecified atom stereocenters. The largest absolute Gasteiger partial charge is 0.423 e. The van der Waals surface area contributed by atoms with Crippen molar-refractivity contribution in [3.8, 4) is 0 Å². The lowest BCUT2D eigenvalue weighted by Crippen LogP contribution is -2.57. The molecule has 9 nitrogen and oxygen atoms in total. The number of carbonyl (C=O) groups is 1. The van der Waals surface area contributed by atoms with Gasteiger partial charge in [0, 0.05) is 23.4 Å². The van der Waals surface area contributed by atoms with Crippen LogP contribution >= 0.6 is 0 Å². The Morgan fingerprint density at radius 2 is 2.14 bits per heavy atom. The molecule has 1 amide bonds. The van der Waals surface area contributed by atoms with Crippen LogP contribution in [-0.2, 0) is 20.2 Å². The van der Waals surface area contributed by atoms with E-state index in [0.717, 1.165) is 0 Å². The number of amides is 1. The van der Waals surface area contributed by atoms with Crippen LogP contribution in [0.25, 0.3) is 11.0 Å². The van der Waals surface area contributed by atoms with E-state index in [2.05, 4.69) is 0 Å². The molecule has 152 valence electrons. The highest BCUT2D eigenvalue weighted by molar-refractivity contribution is 5.80. The standard InChI is InChI=1S/C18H20FNO8/c1-9-4-16(24)26-13-5-10(2-3-11(9)13)18(28-20-15(23)7-19)6-12(22)17(25)14(8-21)27-18/h2-5,12,14,17,21-22,25H,6-8H2,1H3,(H,20,23)/t12-,14-,17+,18-/m1/s1. The van der Waals surface area contributed by atoms with E-state index < -0.39 is 48.9 Å². The fourth-order valence-electron chi connectivity index (χ4n) is 3.19. The molecule has 1 aromatic heterocycles. The lowest BCUT2D eigenvalue weighted by molar-refractivity contribution is -0.347. The number of hydrogen-bond acceptors (Lipinski definition) is 8. The van der Waals surface area contributed by atoms with Crippen molar-refractivity contribution in [2.75, 3.05) is 13.3 Å². The quantitative estimate of drug-likeness (QED) is 0.401. The average Bonchev–Trinajstić information content (AvgIpc) is 2.67. The summed E-state index contributed by atoms with van der Waals surface area (Å²) in [6.45, 7) is -0.273. The molecule has 0 saturated carbocycles. The molecule has 1 aliphatic heterocycles. The number of halogens is 1. The number of aryl methyl sites for hydroxylation is 1. The molecule has 4 atom stereocenters. The van der Waals surface area contributed by atoms with E-state index in [1.807, 2.05) is 5.48 Å². The van der Waals surface area contributed by atoms with Crippen molar-refractivity contribution in [3.63, 3.8) is 0 Å². The summed E-state index contributed by atoms with van der Waals surface area (Å²) < 4.78 is 23.4. The van der Waals surface area contributed by atoms with Crippen molar-refractivity contribution in [2.24, 2.45) is 0 Å². The van der Waals surface area contributed by atoms with Crippen molar-refractivity contribution in [1.29, 1.82) is 0 Å².